The molecule has 0 aliphatic carbocycles. The number of thioether (sulfide) groups is 1. The highest BCUT2D eigenvalue weighted by molar-refractivity contribution is 8.00. The quantitative estimate of drug-likeness (QED) is 0.368. The minimum atomic E-state index is -0.0853. The van der Waals surface area contributed by atoms with E-state index in [0.717, 1.165) is 15.3 Å². The average Bonchev–Trinajstić information content (AvgIpc) is 3.52. The number of carbonyl (C=O) groups excluding carboxylic acids is 2. The third-order valence-electron chi connectivity index (χ3n) is 5.44. The van der Waals surface area contributed by atoms with E-state index in [-0.39, 0.29) is 31.2 Å². The molecule has 8 heteroatoms. The molecule has 0 atom stereocenters. The summed E-state index contributed by atoms with van der Waals surface area (Å²) in [5.41, 5.74) is 0.955. The topological polar surface area (TPSA) is 59.1 Å². The monoisotopic (exact) mass is 496 g/mol. The van der Waals surface area contributed by atoms with Crippen LogP contribution in [0.1, 0.15) is 24.3 Å². The van der Waals surface area contributed by atoms with Crippen LogP contribution >= 0.6 is 23.1 Å². The smallest absolute Gasteiger partial charge is 0.242 e. The van der Waals surface area contributed by atoms with Crippen LogP contribution < -0.4 is 9.47 Å². The van der Waals surface area contributed by atoms with Crippen molar-refractivity contribution in [2.45, 2.75) is 37.9 Å². The summed E-state index contributed by atoms with van der Waals surface area (Å²) in [6, 6.07) is 19.5. The molecule has 0 unspecified atom stereocenters. The Morgan fingerprint density at radius 1 is 0.971 bits per heavy atom. The molecule has 34 heavy (non-hydrogen) atoms. The number of rotatable bonds is 10. The lowest BCUT2D eigenvalue weighted by Gasteiger charge is -2.30. The SMILES string of the molecule is CC(C)N(CC(=O)N(Cc1ccc2c(c1)OCO2)Cc1cccs1)C(=O)CSc1ccccc1. The molecule has 0 saturated carbocycles. The van der Waals surface area contributed by atoms with Crippen molar-refractivity contribution in [3.05, 3.63) is 76.5 Å². The van der Waals surface area contributed by atoms with Crippen molar-refractivity contribution in [2.24, 2.45) is 0 Å². The number of fused-ring (bicyclic) bond motifs is 1. The number of hydrogen-bond donors (Lipinski definition) is 0. The van der Waals surface area contributed by atoms with Crippen LogP contribution in [0.25, 0.3) is 0 Å². The molecule has 0 bridgehead atoms. The molecule has 0 N–H and O–H groups in total. The zero-order valence-corrected chi connectivity index (χ0v) is 20.9. The van der Waals surface area contributed by atoms with Crippen LogP contribution in [0.3, 0.4) is 0 Å². The van der Waals surface area contributed by atoms with Crippen molar-refractivity contribution >= 4 is 34.9 Å². The maximum Gasteiger partial charge on any atom is 0.242 e. The van der Waals surface area contributed by atoms with Crippen LogP contribution in [0.15, 0.2) is 70.9 Å². The summed E-state index contributed by atoms with van der Waals surface area (Å²) in [4.78, 5) is 32.1. The molecule has 0 spiro atoms. The number of ether oxygens (including phenoxy) is 2. The first-order valence-corrected chi connectivity index (χ1v) is 13.0. The first kappa shape index (κ1) is 24.2. The second kappa shape index (κ2) is 11.4. The van der Waals surface area contributed by atoms with Crippen LogP contribution in [0, 0.1) is 0 Å². The minimum Gasteiger partial charge on any atom is -0.454 e. The number of carbonyl (C=O) groups is 2. The molecule has 6 nitrogen and oxygen atoms in total. The van der Waals surface area contributed by atoms with Crippen molar-refractivity contribution in [1.82, 2.24) is 9.80 Å². The lowest BCUT2D eigenvalue weighted by Crippen LogP contribution is -2.46. The van der Waals surface area contributed by atoms with E-state index in [2.05, 4.69) is 0 Å². The van der Waals surface area contributed by atoms with Gasteiger partial charge in [-0.15, -0.1) is 23.1 Å². The van der Waals surface area contributed by atoms with Crippen molar-refractivity contribution in [3.8, 4) is 11.5 Å². The maximum atomic E-state index is 13.5. The number of thiophene rings is 1. The van der Waals surface area contributed by atoms with E-state index in [1.54, 1.807) is 21.1 Å². The minimum absolute atomic E-state index is 0.0434. The molecule has 2 amide bonds. The van der Waals surface area contributed by atoms with Gasteiger partial charge in [0.2, 0.25) is 18.6 Å². The van der Waals surface area contributed by atoms with Crippen molar-refractivity contribution in [2.75, 3.05) is 19.1 Å². The van der Waals surface area contributed by atoms with Gasteiger partial charge in [0.15, 0.2) is 11.5 Å². The normalized spacial score (nSPS) is 12.1. The number of benzene rings is 2. The highest BCUT2D eigenvalue weighted by Gasteiger charge is 2.25. The van der Waals surface area contributed by atoms with Gasteiger partial charge in [0.05, 0.1) is 12.3 Å². The molecular weight excluding hydrogens is 468 g/mol. The average molecular weight is 497 g/mol. The maximum absolute atomic E-state index is 13.5. The van der Waals surface area contributed by atoms with Crippen LogP contribution in [-0.2, 0) is 22.7 Å². The predicted molar refractivity (Wildman–Crippen MR) is 135 cm³/mol. The molecule has 0 radical (unpaired) electrons. The fraction of sp³-hybridized carbons (Fsp3) is 0.308. The number of nitrogens with zero attached hydrogens (tertiary/aromatic N) is 2. The van der Waals surface area contributed by atoms with E-state index in [4.69, 9.17) is 9.47 Å². The van der Waals surface area contributed by atoms with Crippen LogP contribution in [0.4, 0.5) is 0 Å². The van der Waals surface area contributed by atoms with E-state index >= 15 is 0 Å². The fourth-order valence-corrected chi connectivity index (χ4v) is 5.16. The fourth-order valence-electron chi connectivity index (χ4n) is 3.63. The van der Waals surface area contributed by atoms with Gasteiger partial charge in [-0.2, -0.15) is 0 Å². The third kappa shape index (κ3) is 6.33. The molecule has 2 heterocycles. The highest BCUT2D eigenvalue weighted by atomic mass is 32.2. The van der Waals surface area contributed by atoms with Gasteiger partial charge in [-0.05, 0) is 55.1 Å². The summed E-state index contributed by atoms with van der Waals surface area (Å²) in [7, 11) is 0. The van der Waals surface area contributed by atoms with E-state index in [0.29, 0.717) is 30.3 Å². The van der Waals surface area contributed by atoms with Gasteiger partial charge in [-0.25, -0.2) is 0 Å². The van der Waals surface area contributed by atoms with Gasteiger partial charge >= 0.3 is 0 Å². The molecule has 2 aromatic carbocycles. The van der Waals surface area contributed by atoms with E-state index in [1.165, 1.54) is 11.8 Å². The van der Waals surface area contributed by atoms with Gasteiger partial charge < -0.3 is 19.3 Å². The summed E-state index contributed by atoms with van der Waals surface area (Å²) < 4.78 is 10.9. The Balaban J connectivity index is 1.45. The molecule has 1 aliphatic heterocycles. The van der Waals surface area contributed by atoms with E-state index in [9.17, 15) is 9.59 Å². The van der Waals surface area contributed by atoms with Crippen LogP contribution in [0.2, 0.25) is 0 Å². The lowest BCUT2D eigenvalue weighted by molar-refractivity contribution is -0.141. The first-order valence-electron chi connectivity index (χ1n) is 11.2. The van der Waals surface area contributed by atoms with Crippen LogP contribution in [-0.4, -0.2) is 46.7 Å². The third-order valence-corrected chi connectivity index (χ3v) is 7.30. The van der Waals surface area contributed by atoms with Crippen molar-refractivity contribution < 1.29 is 19.1 Å². The van der Waals surface area contributed by atoms with Crippen LogP contribution in [0.5, 0.6) is 11.5 Å². The largest absolute Gasteiger partial charge is 0.454 e. The zero-order valence-electron chi connectivity index (χ0n) is 19.3. The summed E-state index contributed by atoms with van der Waals surface area (Å²) in [5, 5.41) is 2.00. The second-order valence-corrected chi connectivity index (χ2v) is 10.3. The number of amides is 2. The molecule has 1 aliphatic rings. The van der Waals surface area contributed by atoms with Crippen molar-refractivity contribution in [3.63, 3.8) is 0 Å². The summed E-state index contributed by atoms with van der Waals surface area (Å²) in [6.45, 7) is 5.06. The van der Waals surface area contributed by atoms with E-state index < -0.39 is 0 Å². The Morgan fingerprint density at radius 2 is 1.76 bits per heavy atom. The zero-order chi connectivity index (χ0) is 23.9. The standard InChI is InChI=1S/C26H28N2O4S2/c1-19(2)28(26(30)17-34-21-7-4-3-5-8-21)16-25(29)27(15-22-9-6-12-33-22)14-20-10-11-23-24(13-20)32-18-31-23/h3-13,19H,14-18H2,1-2H3. The second-order valence-electron chi connectivity index (χ2n) is 8.23. The van der Waals surface area contributed by atoms with Gasteiger partial charge in [0.25, 0.3) is 0 Å². The summed E-state index contributed by atoms with van der Waals surface area (Å²) >= 11 is 3.10. The molecule has 3 aromatic rings. The lowest BCUT2D eigenvalue weighted by atomic mass is 10.1. The van der Waals surface area contributed by atoms with E-state index in [1.807, 2.05) is 79.9 Å². The highest BCUT2D eigenvalue weighted by Crippen LogP contribution is 2.33. The Bertz CT molecular complexity index is 1100. The van der Waals surface area contributed by atoms with Gasteiger partial charge in [0, 0.05) is 22.4 Å². The van der Waals surface area contributed by atoms with Gasteiger partial charge in [-0.3, -0.25) is 9.59 Å². The molecule has 1 aromatic heterocycles. The van der Waals surface area contributed by atoms with Gasteiger partial charge in [-0.1, -0.05) is 30.3 Å². The summed E-state index contributed by atoms with van der Waals surface area (Å²) in [5.74, 6) is 1.57. The Kier molecular flexibility index (Phi) is 8.13. The molecule has 0 fully saturated rings. The van der Waals surface area contributed by atoms with Crippen molar-refractivity contribution in [1.29, 1.82) is 0 Å². The predicted octanol–water partition coefficient (Wildman–Crippen LogP) is 5.03. The number of hydrogen-bond acceptors (Lipinski definition) is 6. The Labute approximate surface area is 208 Å². The summed E-state index contributed by atoms with van der Waals surface area (Å²) in [6.07, 6.45) is 0. The molecule has 0 saturated heterocycles. The first-order chi connectivity index (χ1) is 16.5. The Morgan fingerprint density at radius 3 is 2.50 bits per heavy atom. The Hall–Kier alpha value is -2.97. The van der Waals surface area contributed by atoms with Gasteiger partial charge in [0.1, 0.15) is 6.54 Å². The molecular formula is C26H28N2O4S2. The molecule has 178 valence electrons. The molecule has 4 rings (SSSR count).